The number of nitrogens with one attached hydrogen (secondary N) is 3. The molecule has 1 atom stereocenters. The standard InChI is InChI=1S/C15H15F3N6O4S/c1-8(23-7-11(24(26)27)13(22-23)28-2)12(25)20-21-14(29)19-10-6-4-3-5-9(10)15(16,17)18/h3-8H,1-2H3,(H,20,25)(H2,19,21,29). The number of ether oxygens (including phenoxy) is 1. The molecule has 0 radical (unpaired) electrons. The number of hydrogen-bond donors (Lipinski definition) is 3. The molecule has 29 heavy (non-hydrogen) atoms. The minimum Gasteiger partial charge on any atom is -0.475 e. The minimum atomic E-state index is -4.59. The molecule has 0 spiro atoms. The molecule has 14 heteroatoms. The van der Waals surface area contributed by atoms with Gasteiger partial charge in [0.05, 0.1) is 23.3 Å². The first-order valence-corrected chi connectivity index (χ1v) is 8.26. The van der Waals surface area contributed by atoms with E-state index >= 15 is 0 Å². The van der Waals surface area contributed by atoms with Gasteiger partial charge in [0, 0.05) is 0 Å². The number of rotatable bonds is 5. The topological polar surface area (TPSA) is 123 Å². The molecule has 10 nitrogen and oxygen atoms in total. The fraction of sp³-hybridized carbons (Fsp3) is 0.267. The summed E-state index contributed by atoms with van der Waals surface area (Å²) in [5.74, 6) is -0.984. The van der Waals surface area contributed by atoms with Gasteiger partial charge in [-0.05, 0) is 31.3 Å². The van der Waals surface area contributed by atoms with E-state index in [0.29, 0.717) is 0 Å². The van der Waals surface area contributed by atoms with Crippen molar-refractivity contribution in [2.75, 3.05) is 12.4 Å². The predicted octanol–water partition coefficient (Wildman–Crippen LogP) is 2.40. The Morgan fingerprint density at radius 1 is 1.34 bits per heavy atom. The van der Waals surface area contributed by atoms with Crippen molar-refractivity contribution in [2.24, 2.45) is 0 Å². The van der Waals surface area contributed by atoms with E-state index in [1.165, 1.54) is 32.2 Å². The molecule has 0 bridgehead atoms. The lowest BCUT2D eigenvalue weighted by atomic mass is 10.2. The Labute approximate surface area is 167 Å². The third-order valence-corrected chi connectivity index (χ3v) is 3.83. The molecule has 2 rings (SSSR count). The summed E-state index contributed by atoms with van der Waals surface area (Å²) in [6.45, 7) is 1.39. The van der Waals surface area contributed by atoms with Crippen LogP contribution in [0.5, 0.6) is 5.88 Å². The van der Waals surface area contributed by atoms with Gasteiger partial charge in [0.25, 0.3) is 5.91 Å². The van der Waals surface area contributed by atoms with Crippen molar-refractivity contribution >= 4 is 34.6 Å². The Kier molecular flexibility index (Phi) is 6.58. The molecule has 0 saturated heterocycles. The molecule has 3 N–H and O–H groups in total. The van der Waals surface area contributed by atoms with Crippen LogP contribution in [-0.2, 0) is 11.0 Å². The molecule has 0 fully saturated rings. The van der Waals surface area contributed by atoms with Crippen molar-refractivity contribution in [1.29, 1.82) is 0 Å². The Morgan fingerprint density at radius 2 is 2.00 bits per heavy atom. The Bertz CT molecular complexity index is 933. The van der Waals surface area contributed by atoms with Crippen molar-refractivity contribution in [3.8, 4) is 5.88 Å². The Morgan fingerprint density at radius 3 is 2.55 bits per heavy atom. The molecule has 156 valence electrons. The first-order valence-electron chi connectivity index (χ1n) is 7.85. The zero-order valence-corrected chi connectivity index (χ0v) is 15.8. The lowest BCUT2D eigenvalue weighted by Crippen LogP contribution is -2.46. The van der Waals surface area contributed by atoms with Crippen LogP contribution in [0, 0.1) is 10.1 Å². The van der Waals surface area contributed by atoms with Crippen LogP contribution in [0.3, 0.4) is 0 Å². The van der Waals surface area contributed by atoms with E-state index in [9.17, 15) is 28.1 Å². The number of anilines is 1. The highest BCUT2D eigenvalue weighted by molar-refractivity contribution is 7.80. The average molecular weight is 432 g/mol. The number of aromatic nitrogens is 2. The van der Waals surface area contributed by atoms with Gasteiger partial charge in [0.15, 0.2) is 5.11 Å². The van der Waals surface area contributed by atoms with Gasteiger partial charge in [0.2, 0.25) is 0 Å². The fourth-order valence-electron chi connectivity index (χ4n) is 2.17. The molecule has 0 aliphatic carbocycles. The van der Waals surface area contributed by atoms with Crippen molar-refractivity contribution in [3.63, 3.8) is 0 Å². The molecule has 1 unspecified atom stereocenters. The predicted molar refractivity (Wildman–Crippen MR) is 99.1 cm³/mol. The van der Waals surface area contributed by atoms with Crippen LogP contribution in [0.4, 0.5) is 24.5 Å². The summed E-state index contributed by atoms with van der Waals surface area (Å²) in [6.07, 6.45) is -3.58. The number of alkyl halides is 3. The average Bonchev–Trinajstić information content (AvgIpc) is 3.09. The number of para-hydroxylation sites is 1. The molecule has 0 aliphatic rings. The quantitative estimate of drug-likeness (QED) is 0.374. The molecule has 1 heterocycles. The number of halogens is 3. The monoisotopic (exact) mass is 432 g/mol. The first kappa shape index (κ1) is 21.9. The van der Waals surface area contributed by atoms with Gasteiger partial charge in [-0.15, -0.1) is 5.10 Å². The zero-order valence-electron chi connectivity index (χ0n) is 15.0. The van der Waals surface area contributed by atoms with Crippen LogP contribution >= 0.6 is 12.2 Å². The van der Waals surface area contributed by atoms with Crippen molar-refractivity contribution in [3.05, 3.63) is 46.1 Å². The second-order valence-corrected chi connectivity index (χ2v) is 5.96. The van der Waals surface area contributed by atoms with E-state index in [-0.39, 0.29) is 16.7 Å². The normalized spacial score (nSPS) is 12.0. The van der Waals surface area contributed by atoms with Crippen LogP contribution < -0.4 is 20.9 Å². The molecule has 0 saturated carbocycles. The van der Waals surface area contributed by atoms with Gasteiger partial charge < -0.3 is 10.1 Å². The van der Waals surface area contributed by atoms with E-state index in [1.54, 1.807) is 0 Å². The maximum absolute atomic E-state index is 13.0. The molecule has 1 aromatic carbocycles. The number of carbonyl (C=O) groups is 1. The number of methoxy groups -OCH3 is 1. The number of nitro groups is 1. The van der Waals surface area contributed by atoms with Gasteiger partial charge in [-0.3, -0.25) is 25.8 Å². The number of carbonyl (C=O) groups excluding carboxylic acids is 1. The second kappa shape index (κ2) is 8.72. The Hall–Kier alpha value is -3.42. The van der Waals surface area contributed by atoms with Crippen molar-refractivity contribution < 1.29 is 27.6 Å². The van der Waals surface area contributed by atoms with Gasteiger partial charge in [-0.1, -0.05) is 12.1 Å². The summed E-state index contributed by atoms with van der Waals surface area (Å²) in [4.78, 5) is 22.4. The van der Waals surface area contributed by atoms with Gasteiger partial charge in [-0.2, -0.15) is 13.2 Å². The largest absolute Gasteiger partial charge is 0.475 e. The maximum Gasteiger partial charge on any atom is 0.418 e. The highest BCUT2D eigenvalue weighted by atomic mass is 32.1. The summed E-state index contributed by atoms with van der Waals surface area (Å²) in [7, 11) is 1.19. The SMILES string of the molecule is COc1nn(C(C)C(=O)NNC(=S)Nc2ccccc2C(F)(F)F)cc1[N+](=O)[O-]. The van der Waals surface area contributed by atoms with Crippen LogP contribution in [0.1, 0.15) is 18.5 Å². The second-order valence-electron chi connectivity index (χ2n) is 5.55. The lowest BCUT2D eigenvalue weighted by Gasteiger charge is -2.17. The van der Waals surface area contributed by atoms with E-state index in [4.69, 9.17) is 17.0 Å². The summed E-state index contributed by atoms with van der Waals surface area (Å²) < 4.78 is 44.7. The highest BCUT2D eigenvalue weighted by Gasteiger charge is 2.33. The number of amides is 1. The molecule has 1 aromatic heterocycles. The molecule has 2 aromatic rings. The van der Waals surface area contributed by atoms with E-state index < -0.39 is 34.3 Å². The molecule has 1 amide bonds. The summed E-state index contributed by atoms with van der Waals surface area (Å²) >= 11 is 4.88. The van der Waals surface area contributed by atoms with Gasteiger partial charge >= 0.3 is 17.7 Å². The van der Waals surface area contributed by atoms with E-state index in [2.05, 4.69) is 21.3 Å². The Balaban J connectivity index is 2.01. The summed E-state index contributed by atoms with van der Waals surface area (Å²) in [5.41, 5.74) is 2.80. The zero-order chi connectivity index (χ0) is 21.8. The van der Waals surface area contributed by atoms with Crippen LogP contribution in [0.2, 0.25) is 0 Å². The van der Waals surface area contributed by atoms with Gasteiger partial charge in [0.1, 0.15) is 12.2 Å². The third kappa shape index (κ3) is 5.31. The highest BCUT2D eigenvalue weighted by Crippen LogP contribution is 2.34. The molecular weight excluding hydrogens is 417 g/mol. The lowest BCUT2D eigenvalue weighted by molar-refractivity contribution is -0.385. The number of hydrazine groups is 1. The summed E-state index contributed by atoms with van der Waals surface area (Å²) in [6, 6.07) is 3.65. The molecular formula is C15H15F3N6O4S. The third-order valence-electron chi connectivity index (χ3n) is 3.63. The van der Waals surface area contributed by atoms with Crippen LogP contribution in [0.25, 0.3) is 0 Å². The number of nitrogens with zero attached hydrogens (tertiary/aromatic N) is 3. The molecule has 0 aliphatic heterocycles. The maximum atomic E-state index is 13.0. The van der Waals surface area contributed by atoms with Crippen LogP contribution in [-0.4, -0.2) is 32.8 Å². The minimum absolute atomic E-state index is 0.274. The van der Waals surface area contributed by atoms with Gasteiger partial charge in [-0.25, -0.2) is 4.68 Å². The van der Waals surface area contributed by atoms with E-state index in [1.807, 2.05) is 0 Å². The smallest absolute Gasteiger partial charge is 0.418 e. The first-order chi connectivity index (χ1) is 13.5. The summed E-state index contributed by atoms with van der Waals surface area (Å²) in [5, 5.41) is 16.8. The van der Waals surface area contributed by atoms with E-state index in [0.717, 1.165) is 16.9 Å². The van der Waals surface area contributed by atoms with Crippen molar-refractivity contribution in [2.45, 2.75) is 19.1 Å². The number of benzene rings is 1. The van der Waals surface area contributed by atoms with Crippen molar-refractivity contribution in [1.82, 2.24) is 20.6 Å². The number of thiocarbonyl (C=S) groups is 1. The van der Waals surface area contributed by atoms with Crippen LogP contribution in [0.15, 0.2) is 30.5 Å². The fourth-order valence-corrected chi connectivity index (χ4v) is 2.33. The number of hydrogen-bond acceptors (Lipinski definition) is 6.